The van der Waals surface area contributed by atoms with Crippen LogP contribution in [-0.4, -0.2) is 0 Å². The van der Waals surface area contributed by atoms with Crippen molar-refractivity contribution >= 4 is 15.9 Å². The van der Waals surface area contributed by atoms with Crippen LogP contribution < -0.4 is 17.0 Å². The predicted molar refractivity (Wildman–Crippen MR) is 41.7 cm³/mol. The molecule has 4 heteroatoms. The van der Waals surface area contributed by atoms with Gasteiger partial charge in [0.15, 0.2) is 0 Å². The molecule has 0 saturated heterocycles. The van der Waals surface area contributed by atoms with Gasteiger partial charge >= 0.3 is 0 Å². The van der Waals surface area contributed by atoms with Gasteiger partial charge in [0.2, 0.25) is 0 Å². The SMILES string of the molecule is [Br-].[O]C=CC/C=C\C=C\Br.[Pd]. The van der Waals surface area contributed by atoms with Crippen LogP contribution in [0.3, 0.4) is 0 Å². The largest absolute Gasteiger partial charge is 1.00 e. The standard InChI is InChI=1S/C7H8BrO.BrH.Pd/c8-6-4-2-1-3-5-7-9;;/h1-2,4-7H,3H2;1H;/p-1/b2-1-,6-4+,7-5?;;. The predicted octanol–water partition coefficient (Wildman–Crippen LogP) is -0.213. The van der Waals surface area contributed by atoms with E-state index in [-0.39, 0.29) is 37.4 Å². The second kappa shape index (κ2) is 16.9. The molecule has 0 spiro atoms. The van der Waals surface area contributed by atoms with Crippen LogP contribution in [0, 0.1) is 0 Å². The molecule has 0 N–H and O–H groups in total. The molecule has 0 aliphatic heterocycles. The average Bonchev–Trinajstić information content (AvgIpc) is 1.89. The van der Waals surface area contributed by atoms with E-state index in [0.717, 1.165) is 6.26 Å². The number of hydrogen-bond donors (Lipinski definition) is 0. The number of rotatable bonds is 3. The van der Waals surface area contributed by atoms with Gasteiger partial charge in [0, 0.05) is 20.4 Å². The summed E-state index contributed by atoms with van der Waals surface area (Å²) in [6.45, 7) is 0. The van der Waals surface area contributed by atoms with Gasteiger partial charge in [0.1, 0.15) is 6.26 Å². The topological polar surface area (TPSA) is 19.9 Å². The van der Waals surface area contributed by atoms with Crippen LogP contribution in [0.25, 0.3) is 0 Å². The van der Waals surface area contributed by atoms with Crippen molar-refractivity contribution < 1.29 is 42.5 Å². The molecule has 0 fully saturated rings. The van der Waals surface area contributed by atoms with Crippen LogP contribution in [0.1, 0.15) is 6.42 Å². The maximum absolute atomic E-state index is 9.72. The van der Waals surface area contributed by atoms with Crippen molar-refractivity contribution in [2.24, 2.45) is 0 Å². The molecule has 0 heterocycles. The van der Waals surface area contributed by atoms with Gasteiger partial charge in [-0.3, -0.25) is 5.11 Å². The molecule has 0 aliphatic rings. The molecule has 0 saturated carbocycles. The summed E-state index contributed by atoms with van der Waals surface area (Å²) < 4.78 is 0. The minimum atomic E-state index is 0. The van der Waals surface area contributed by atoms with Crippen molar-refractivity contribution in [1.29, 1.82) is 0 Å². The summed E-state index contributed by atoms with van der Waals surface area (Å²) in [5.74, 6) is 0. The molecule has 1 nitrogen and oxygen atoms in total. The third-order valence-electron chi connectivity index (χ3n) is 0.688. The van der Waals surface area contributed by atoms with E-state index in [4.69, 9.17) is 0 Å². The van der Waals surface area contributed by atoms with Crippen LogP contribution in [0.4, 0.5) is 0 Å². The van der Waals surface area contributed by atoms with Crippen LogP contribution >= 0.6 is 15.9 Å². The van der Waals surface area contributed by atoms with Crippen molar-refractivity contribution in [2.45, 2.75) is 6.42 Å². The Morgan fingerprint density at radius 3 is 2.27 bits per heavy atom. The smallest absolute Gasteiger partial charge is 0.139 e. The molecule has 11 heavy (non-hydrogen) atoms. The zero-order chi connectivity index (χ0) is 6.95. The molecule has 0 atom stereocenters. The van der Waals surface area contributed by atoms with Gasteiger partial charge in [-0.2, -0.15) is 0 Å². The van der Waals surface area contributed by atoms with E-state index in [1.54, 1.807) is 11.1 Å². The number of hydrogen-bond acceptors (Lipinski definition) is 0. The molecule has 0 unspecified atom stereocenters. The molecule has 0 aromatic carbocycles. The van der Waals surface area contributed by atoms with E-state index in [0.29, 0.717) is 6.42 Å². The first-order chi connectivity index (χ1) is 4.41. The third-order valence-corrected chi connectivity index (χ3v) is 0.994. The second-order valence-corrected chi connectivity index (χ2v) is 1.88. The van der Waals surface area contributed by atoms with E-state index >= 15 is 0 Å². The molecular formula is C7H8Br2OPd-. The van der Waals surface area contributed by atoms with Crippen molar-refractivity contribution in [3.63, 3.8) is 0 Å². The van der Waals surface area contributed by atoms with Gasteiger partial charge in [-0.15, -0.1) is 0 Å². The van der Waals surface area contributed by atoms with Crippen LogP contribution in [0.2, 0.25) is 0 Å². The van der Waals surface area contributed by atoms with Crippen LogP contribution in [0.15, 0.2) is 35.6 Å². The fourth-order valence-electron chi connectivity index (χ4n) is 0.333. The fourth-order valence-corrected chi connectivity index (χ4v) is 0.509. The Hall–Kier alpha value is 0.642. The Morgan fingerprint density at radius 1 is 1.18 bits per heavy atom. The molecule has 1 radical (unpaired) electrons. The van der Waals surface area contributed by atoms with E-state index in [2.05, 4.69) is 15.9 Å². The molecule has 0 bridgehead atoms. The maximum Gasteiger partial charge on any atom is 0.139 e. The van der Waals surface area contributed by atoms with Crippen molar-refractivity contribution in [3.05, 3.63) is 35.6 Å². The van der Waals surface area contributed by atoms with Gasteiger partial charge in [-0.25, -0.2) is 0 Å². The minimum absolute atomic E-state index is 0. The molecule has 67 valence electrons. The van der Waals surface area contributed by atoms with Gasteiger partial charge in [-0.05, 0) is 17.5 Å². The molecule has 0 amide bonds. The average molecular weight is 374 g/mol. The first kappa shape index (κ1) is 17.7. The Kier molecular flexibility index (Phi) is 27.2. The number of halogens is 2. The first-order valence-electron chi connectivity index (χ1n) is 2.60. The molecular weight excluding hydrogens is 366 g/mol. The third kappa shape index (κ3) is 18.0. The summed E-state index contributed by atoms with van der Waals surface area (Å²) >= 11 is 3.11. The van der Waals surface area contributed by atoms with Crippen molar-refractivity contribution in [3.8, 4) is 0 Å². The van der Waals surface area contributed by atoms with Crippen molar-refractivity contribution in [1.82, 2.24) is 0 Å². The van der Waals surface area contributed by atoms with E-state index in [9.17, 15) is 5.11 Å². The number of allylic oxidation sites excluding steroid dienone is 4. The summed E-state index contributed by atoms with van der Waals surface area (Å²) in [6, 6.07) is 0. The van der Waals surface area contributed by atoms with Crippen LogP contribution in [-0.2, 0) is 25.5 Å². The molecule has 0 aliphatic carbocycles. The summed E-state index contributed by atoms with van der Waals surface area (Å²) in [6.07, 6.45) is 8.67. The molecule has 0 aromatic rings. The first-order valence-corrected chi connectivity index (χ1v) is 3.52. The van der Waals surface area contributed by atoms with Gasteiger partial charge in [0.05, 0.1) is 0 Å². The van der Waals surface area contributed by atoms with E-state index in [1.165, 1.54) is 0 Å². The fraction of sp³-hybridized carbons (Fsp3) is 0.143. The molecule has 0 aromatic heterocycles. The quantitative estimate of drug-likeness (QED) is 0.370. The monoisotopic (exact) mass is 372 g/mol. The Labute approximate surface area is 99.8 Å². The van der Waals surface area contributed by atoms with E-state index < -0.39 is 0 Å². The Balaban J connectivity index is -0.000000320. The zero-order valence-corrected chi connectivity index (χ0v) is 10.4. The minimum Gasteiger partial charge on any atom is -1.00 e. The maximum atomic E-state index is 9.72. The summed E-state index contributed by atoms with van der Waals surface area (Å²) in [5, 5.41) is 9.72. The Morgan fingerprint density at radius 2 is 1.82 bits per heavy atom. The zero-order valence-electron chi connectivity index (χ0n) is 5.65. The van der Waals surface area contributed by atoms with Crippen molar-refractivity contribution in [2.75, 3.05) is 0 Å². The second-order valence-electron chi connectivity index (χ2n) is 1.35. The normalized spacial score (nSPS) is 10.3. The van der Waals surface area contributed by atoms with Crippen LogP contribution in [0.5, 0.6) is 0 Å². The summed E-state index contributed by atoms with van der Waals surface area (Å²) in [5.41, 5.74) is 0. The van der Waals surface area contributed by atoms with Gasteiger partial charge < -0.3 is 17.0 Å². The Bertz CT molecular complexity index is 132. The van der Waals surface area contributed by atoms with Gasteiger partial charge in [-0.1, -0.05) is 34.2 Å². The molecule has 0 rings (SSSR count). The summed E-state index contributed by atoms with van der Waals surface area (Å²) in [4.78, 5) is 1.75. The van der Waals surface area contributed by atoms with Gasteiger partial charge in [0.25, 0.3) is 0 Å². The summed E-state index contributed by atoms with van der Waals surface area (Å²) in [7, 11) is 0. The van der Waals surface area contributed by atoms with E-state index in [1.807, 2.05) is 18.2 Å².